The van der Waals surface area contributed by atoms with Crippen molar-refractivity contribution in [3.8, 4) is 0 Å². The highest BCUT2D eigenvalue weighted by molar-refractivity contribution is 6.04. The second-order valence-electron chi connectivity index (χ2n) is 7.74. The fourth-order valence-corrected chi connectivity index (χ4v) is 4.16. The third-order valence-corrected chi connectivity index (χ3v) is 5.73. The molecular weight excluding hydrogens is 360 g/mol. The highest BCUT2D eigenvalue weighted by Crippen LogP contribution is 2.48. The third-order valence-electron chi connectivity index (χ3n) is 5.73. The number of hydrogen-bond donors (Lipinski definition) is 2. The van der Waals surface area contributed by atoms with Gasteiger partial charge in [-0.05, 0) is 25.0 Å². The molecule has 3 aromatic carbocycles. The van der Waals surface area contributed by atoms with E-state index < -0.39 is 11.1 Å². The Labute approximate surface area is 171 Å². The van der Waals surface area contributed by atoms with Gasteiger partial charge in [-0.1, -0.05) is 91.0 Å². The lowest BCUT2D eigenvalue weighted by Gasteiger charge is -2.42. The van der Waals surface area contributed by atoms with Crippen molar-refractivity contribution in [2.24, 2.45) is 0 Å². The van der Waals surface area contributed by atoms with Crippen LogP contribution in [0.4, 0.5) is 0 Å². The van der Waals surface area contributed by atoms with E-state index in [1.54, 1.807) is 12.1 Å². The van der Waals surface area contributed by atoms with Gasteiger partial charge in [-0.3, -0.25) is 10.0 Å². The minimum Gasteiger partial charge on any atom is -0.354 e. The molecule has 0 spiro atoms. The maximum atomic E-state index is 12.8. The minimum absolute atomic E-state index is 0.167. The lowest BCUT2D eigenvalue weighted by molar-refractivity contribution is -0.123. The van der Waals surface area contributed by atoms with Crippen molar-refractivity contribution < 1.29 is 10.0 Å². The Balaban J connectivity index is 1.87. The van der Waals surface area contributed by atoms with Crippen LogP contribution < -0.4 is 5.32 Å². The van der Waals surface area contributed by atoms with Crippen LogP contribution in [0.5, 0.6) is 0 Å². The van der Waals surface area contributed by atoms with Crippen LogP contribution in [0.25, 0.3) is 0 Å². The van der Waals surface area contributed by atoms with Crippen LogP contribution >= 0.6 is 0 Å². The predicted octanol–water partition coefficient (Wildman–Crippen LogP) is 4.73. The van der Waals surface area contributed by atoms with Crippen molar-refractivity contribution in [3.05, 3.63) is 120 Å². The number of benzene rings is 3. The van der Waals surface area contributed by atoms with Crippen molar-refractivity contribution in [2.75, 3.05) is 0 Å². The smallest absolute Gasteiger partial charge is 0.189 e. The summed E-state index contributed by atoms with van der Waals surface area (Å²) in [7, 11) is 0. The number of rotatable bonds is 4. The summed E-state index contributed by atoms with van der Waals surface area (Å²) in [5.74, 6) is 0.205. The van der Waals surface area contributed by atoms with E-state index >= 15 is 0 Å². The molecular formula is C25H24N2O2. The van der Waals surface area contributed by atoms with Crippen molar-refractivity contribution in [2.45, 2.75) is 24.9 Å². The zero-order chi connectivity index (χ0) is 20.5. The van der Waals surface area contributed by atoms with Crippen LogP contribution in [-0.4, -0.2) is 21.6 Å². The van der Waals surface area contributed by atoms with Gasteiger partial charge in [0.05, 0.1) is 5.54 Å². The van der Waals surface area contributed by atoms with Gasteiger partial charge in [0.15, 0.2) is 5.78 Å². The summed E-state index contributed by atoms with van der Waals surface area (Å²) in [5.41, 5.74) is 1.08. The molecule has 0 aliphatic carbocycles. The summed E-state index contributed by atoms with van der Waals surface area (Å²) in [6.45, 7) is 3.93. The predicted molar refractivity (Wildman–Crippen MR) is 113 cm³/mol. The maximum Gasteiger partial charge on any atom is 0.189 e. The molecule has 29 heavy (non-hydrogen) atoms. The van der Waals surface area contributed by atoms with E-state index in [1.165, 1.54) is 11.1 Å². The van der Waals surface area contributed by atoms with E-state index in [4.69, 9.17) is 0 Å². The largest absolute Gasteiger partial charge is 0.354 e. The number of allylic oxidation sites excluding steroid dienone is 1. The molecule has 0 saturated carbocycles. The van der Waals surface area contributed by atoms with Crippen LogP contribution in [0.2, 0.25) is 0 Å². The fraction of sp³-hybridized carbons (Fsp3) is 0.160. The third kappa shape index (κ3) is 3.02. The number of carbonyl (C=O) groups is 1. The molecule has 0 aromatic heterocycles. The van der Waals surface area contributed by atoms with E-state index in [0.717, 1.165) is 11.1 Å². The molecule has 4 heteroatoms. The van der Waals surface area contributed by atoms with E-state index in [-0.39, 0.29) is 5.78 Å². The van der Waals surface area contributed by atoms with Gasteiger partial charge in [0.2, 0.25) is 0 Å². The Bertz CT molecular complexity index is 989. The molecule has 1 heterocycles. The lowest BCUT2D eigenvalue weighted by Crippen LogP contribution is -2.54. The first-order valence-corrected chi connectivity index (χ1v) is 9.66. The molecule has 1 fully saturated rings. The van der Waals surface area contributed by atoms with E-state index in [0.29, 0.717) is 11.4 Å². The molecule has 2 N–H and O–H groups in total. The summed E-state index contributed by atoms with van der Waals surface area (Å²) in [6.07, 6.45) is 1.46. The fourth-order valence-electron chi connectivity index (χ4n) is 4.16. The molecule has 0 bridgehead atoms. The number of nitrogens with zero attached hydrogens (tertiary/aromatic N) is 1. The average Bonchev–Trinajstić information content (AvgIpc) is 2.97. The Morgan fingerprint density at radius 3 is 1.76 bits per heavy atom. The molecule has 4 rings (SSSR count). The first-order chi connectivity index (χ1) is 14.0. The number of nitrogens with one attached hydrogen (secondary N) is 1. The topological polar surface area (TPSA) is 52.6 Å². The summed E-state index contributed by atoms with van der Waals surface area (Å²) >= 11 is 0. The Morgan fingerprint density at radius 2 is 1.28 bits per heavy atom. The molecule has 146 valence electrons. The van der Waals surface area contributed by atoms with Crippen molar-refractivity contribution in [1.29, 1.82) is 0 Å². The monoisotopic (exact) mass is 384 g/mol. The van der Waals surface area contributed by atoms with Gasteiger partial charge in [-0.25, -0.2) is 5.06 Å². The van der Waals surface area contributed by atoms with Crippen molar-refractivity contribution in [3.63, 3.8) is 0 Å². The first-order valence-electron chi connectivity index (χ1n) is 9.66. The van der Waals surface area contributed by atoms with Crippen LogP contribution in [0.15, 0.2) is 103 Å². The summed E-state index contributed by atoms with van der Waals surface area (Å²) in [5, 5.41) is 15.8. The quantitative estimate of drug-likeness (QED) is 0.504. The summed E-state index contributed by atoms with van der Waals surface area (Å²) in [6, 6.07) is 29.1. The van der Waals surface area contributed by atoms with Gasteiger partial charge in [-0.2, -0.15) is 0 Å². The Morgan fingerprint density at radius 1 is 0.828 bits per heavy atom. The maximum absolute atomic E-state index is 12.8. The minimum atomic E-state index is -0.765. The standard InChI is InChI=1S/C25H24N2O2/c1-24(2)25(20-14-8-4-9-15-20,21-16-10-5-11-17-21)26-23(27(24)29)18-22(28)19-12-6-3-7-13-19/h3-18,26,29H,1-2H3/b23-18+. The van der Waals surface area contributed by atoms with Crippen LogP contribution in [0, 0.1) is 0 Å². The van der Waals surface area contributed by atoms with Gasteiger partial charge < -0.3 is 5.32 Å². The van der Waals surface area contributed by atoms with Gasteiger partial charge in [0.1, 0.15) is 11.4 Å². The summed E-state index contributed by atoms with van der Waals surface area (Å²) < 4.78 is 0. The average molecular weight is 384 g/mol. The molecule has 0 amide bonds. The van der Waals surface area contributed by atoms with E-state index in [9.17, 15) is 10.0 Å². The number of carbonyl (C=O) groups excluding carboxylic acids is 1. The van der Waals surface area contributed by atoms with Gasteiger partial charge >= 0.3 is 0 Å². The molecule has 0 atom stereocenters. The van der Waals surface area contributed by atoms with E-state index in [1.807, 2.05) is 92.7 Å². The number of ketones is 1. The number of hydrogen-bond acceptors (Lipinski definition) is 4. The second-order valence-corrected chi connectivity index (χ2v) is 7.74. The van der Waals surface area contributed by atoms with Crippen molar-refractivity contribution in [1.82, 2.24) is 10.4 Å². The lowest BCUT2D eigenvalue weighted by atomic mass is 9.71. The highest BCUT2D eigenvalue weighted by Gasteiger charge is 2.57. The highest BCUT2D eigenvalue weighted by atomic mass is 16.5. The Hall–Kier alpha value is -3.37. The molecule has 1 aliphatic rings. The molecule has 3 aromatic rings. The molecule has 0 unspecified atom stereocenters. The molecule has 1 aliphatic heterocycles. The zero-order valence-corrected chi connectivity index (χ0v) is 16.5. The van der Waals surface area contributed by atoms with Crippen molar-refractivity contribution >= 4 is 5.78 Å². The molecule has 1 saturated heterocycles. The zero-order valence-electron chi connectivity index (χ0n) is 16.5. The van der Waals surface area contributed by atoms with Gasteiger partial charge in [0.25, 0.3) is 0 Å². The Kier molecular flexibility index (Phi) is 4.73. The van der Waals surface area contributed by atoms with Crippen LogP contribution in [-0.2, 0) is 5.54 Å². The van der Waals surface area contributed by atoms with E-state index in [2.05, 4.69) is 5.32 Å². The van der Waals surface area contributed by atoms with Crippen LogP contribution in [0.3, 0.4) is 0 Å². The molecule has 0 radical (unpaired) electrons. The SMILES string of the molecule is CC1(C)N(O)/C(=C/C(=O)c2ccccc2)NC1(c1ccccc1)c1ccccc1. The first kappa shape index (κ1) is 19.0. The van der Waals surface area contributed by atoms with Crippen LogP contribution in [0.1, 0.15) is 35.3 Å². The number of hydroxylamine groups is 2. The van der Waals surface area contributed by atoms with Gasteiger partial charge in [-0.15, -0.1) is 0 Å². The summed E-state index contributed by atoms with van der Waals surface area (Å²) in [4.78, 5) is 12.8. The normalized spacial score (nSPS) is 18.4. The molecule has 4 nitrogen and oxygen atoms in total. The van der Waals surface area contributed by atoms with Gasteiger partial charge in [0, 0.05) is 11.6 Å². The second kappa shape index (κ2) is 7.22.